The second-order valence-corrected chi connectivity index (χ2v) is 2.82. The van der Waals surface area contributed by atoms with Crippen LogP contribution in [0.2, 0.25) is 0 Å². The lowest BCUT2D eigenvalue weighted by Gasteiger charge is -2.09. The predicted octanol–water partition coefficient (Wildman–Crippen LogP) is 0.507. The van der Waals surface area contributed by atoms with Gasteiger partial charge in [0.15, 0.2) is 6.10 Å². The van der Waals surface area contributed by atoms with Gasteiger partial charge in [-0.25, -0.2) is 0 Å². The molecule has 0 aliphatic heterocycles. The van der Waals surface area contributed by atoms with Gasteiger partial charge in [-0.15, -0.1) is 0 Å². The van der Waals surface area contributed by atoms with Crippen molar-refractivity contribution >= 4 is 0 Å². The zero-order chi connectivity index (χ0) is 8.69. The maximum atomic E-state index is 8.82. The molecular formula is C8H16N2O. The Balaban J connectivity index is 3.21. The van der Waals surface area contributed by atoms with Crippen molar-refractivity contribution < 1.29 is 5.11 Å². The highest BCUT2D eigenvalue weighted by Gasteiger charge is 2.01. The fourth-order valence-electron chi connectivity index (χ4n) is 0.656. The van der Waals surface area contributed by atoms with E-state index in [1.165, 1.54) is 0 Å². The summed E-state index contributed by atoms with van der Waals surface area (Å²) in [6.45, 7) is 5.49. The van der Waals surface area contributed by atoms with Crippen LogP contribution in [-0.4, -0.2) is 24.3 Å². The minimum atomic E-state index is -0.862. The lowest BCUT2D eigenvalue weighted by molar-refractivity contribution is 0.223. The quantitative estimate of drug-likeness (QED) is 0.570. The second-order valence-electron chi connectivity index (χ2n) is 2.82. The summed E-state index contributed by atoms with van der Waals surface area (Å²) < 4.78 is 0. The van der Waals surface area contributed by atoms with Crippen LogP contribution in [0.1, 0.15) is 20.3 Å². The van der Waals surface area contributed by atoms with E-state index in [1.54, 1.807) is 6.07 Å². The molecule has 0 spiro atoms. The molecule has 2 N–H and O–H groups in total. The Morgan fingerprint density at radius 1 is 1.55 bits per heavy atom. The third-order valence-electron chi connectivity index (χ3n) is 1.68. The zero-order valence-electron chi connectivity index (χ0n) is 7.17. The van der Waals surface area contributed by atoms with Crippen molar-refractivity contribution in [2.75, 3.05) is 13.1 Å². The fourth-order valence-corrected chi connectivity index (χ4v) is 0.656. The topological polar surface area (TPSA) is 56.0 Å². The summed E-state index contributed by atoms with van der Waals surface area (Å²) in [5.74, 6) is 0.612. The van der Waals surface area contributed by atoms with Crippen LogP contribution in [0.3, 0.4) is 0 Å². The summed E-state index contributed by atoms with van der Waals surface area (Å²) in [6.07, 6.45) is 0.259. The van der Waals surface area contributed by atoms with E-state index in [0.717, 1.165) is 13.0 Å². The van der Waals surface area contributed by atoms with Gasteiger partial charge in [-0.2, -0.15) is 5.26 Å². The maximum Gasteiger partial charge on any atom is 0.152 e. The highest BCUT2D eigenvalue weighted by Crippen LogP contribution is 1.96. The fraction of sp³-hybridized carbons (Fsp3) is 0.875. The summed E-state index contributed by atoms with van der Waals surface area (Å²) in [5.41, 5.74) is 0. The first-order valence-electron chi connectivity index (χ1n) is 3.99. The zero-order valence-corrected chi connectivity index (χ0v) is 7.17. The molecule has 3 heteroatoms. The minimum absolute atomic E-state index is 0.376. The molecule has 0 aromatic heterocycles. The number of hydrogen-bond donors (Lipinski definition) is 2. The number of nitriles is 1. The van der Waals surface area contributed by atoms with Crippen molar-refractivity contribution in [2.24, 2.45) is 5.92 Å². The van der Waals surface area contributed by atoms with Crippen LogP contribution in [0, 0.1) is 17.2 Å². The van der Waals surface area contributed by atoms with Gasteiger partial charge in [0.2, 0.25) is 0 Å². The van der Waals surface area contributed by atoms with Crippen molar-refractivity contribution in [1.29, 1.82) is 5.26 Å². The van der Waals surface area contributed by atoms with Gasteiger partial charge in [0.1, 0.15) is 0 Å². The lowest BCUT2D eigenvalue weighted by Crippen LogP contribution is -2.29. The van der Waals surface area contributed by atoms with E-state index >= 15 is 0 Å². The molecule has 0 amide bonds. The smallest absolute Gasteiger partial charge is 0.152 e. The molecule has 0 aromatic rings. The minimum Gasteiger partial charge on any atom is -0.377 e. The highest BCUT2D eigenvalue weighted by molar-refractivity contribution is 4.83. The van der Waals surface area contributed by atoms with Gasteiger partial charge < -0.3 is 10.4 Å². The van der Waals surface area contributed by atoms with E-state index < -0.39 is 6.10 Å². The SMILES string of the molecule is CCC(C)CNCC(O)C#N. The van der Waals surface area contributed by atoms with Crippen molar-refractivity contribution in [1.82, 2.24) is 5.32 Å². The molecule has 2 atom stereocenters. The summed E-state index contributed by atoms with van der Waals surface area (Å²) in [6, 6.07) is 1.75. The summed E-state index contributed by atoms with van der Waals surface area (Å²) in [5, 5.41) is 20.1. The molecule has 0 radical (unpaired) electrons. The molecule has 0 aromatic carbocycles. The molecule has 0 saturated heterocycles. The molecule has 2 unspecified atom stereocenters. The van der Waals surface area contributed by atoms with E-state index in [4.69, 9.17) is 10.4 Å². The Labute approximate surface area is 68.0 Å². The molecule has 0 rings (SSSR count). The van der Waals surface area contributed by atoms with Crippen LogP contribution in [0.4, 0.5) is 0 Å². The van der Waals surface area contributed by atoms with Gasteiger partial charge in [-0.1, -0.05) is 20.3 Å². The molecule has 3 nitrogen and oxygen atoms in total. The first-order chi connectivity index (χ1) is 5.20. The Kier molecular flexibility index (Phi) is 5.81. The van der Waals surface area contributed by atoms with E-state index in [1.807, 2.05) is 0 Å². The van der Waals surface area contributed by atoms with Crippen molar-refractivity contribution in [3.05, 3.63) is 0 Å². The summed E-state index contributed by atoms with van der Waals surface area (Å²) in [7, 11) is 0. The first-order valence-corrected chi connectivity index (χ1v) is 3.99. The van der Waals surface area contributed by atoms with Crippen molar-refractivity contribution in [3.8, 4) is 6.07 Å². The molecular weight excluding hydrogens is 140 g/mol. The number of nitrogens with zero attached hydrogens (tertiary/aromatic N) is 1. The Hall–Kier alpha value is -0.590. The third kappa shape index (κ3) is 5.84. The molecule has 0 heterocycles. The number of hydrogen-bond acceptors (Lipinski definition) is 3. The van der Waals surface area contributed by atoms with Gasteiger partial charge in [-0.05, 0) is 12.5 Å². The molecule has 0 fully saturated rings. The van der Waals surface area contributed by atoms with E-state index in [9.17, 15) is 0 Å². The third-order valence-corrected chi connectivity index (χ3v) is 1.68. The molecule has 0 saturated carbocycles. The van der Waals surface area contributed by atoms with Gasteiger partial charge in [-0.3, -0.25) is 0 Å². The molecule has 0 aliphatic carbocycles. The predicted molar refractivity (Wildman–Crippen MR) is 43.9 cm³/mol. The second kappa shape index (κ2) is 6.14. The van der Waals surface area contributed by atoms with Crippen LogP contribution in [0.25, 0.3) is 0 Å². The summed E-state index contributed by atoms with van der Waals surface area (Å²) in [4.78, 5) is 0. The van der Waals surface area contributed by atoms with E-state index in [-0.39, 0.29) is 0 Å². The number of aliphatic hydroxyl groups is 1. The van der Waals surface area contributed by atoms with Gasteiger partial charge in [0.25, 0.3) is 0 Å². The van der Waals surface area contributed by atoms with Gasteiger partial charge in [0, 0.05) is 6.54 Å². The average Bonchev–Trinajstić information content (AvgIpc) is 2.04. The monoisotopic (exact) mass is 156 g/mol. The van der Waals surface area contributed by atoms with Crippen LogP contribution >= 0.6 is 0 Å². The number of nitrogens with one attached hydrogen (secondary N) is 1. The first kappa shape index (κ1) is 10.4. The summed E-state index contributed by atoms with van der Waals surface area (Å²) >= 11 is 0. The number of aliphatic hydroxyl groups excluding tert-OH is 1. The molecule has 0 bridgehead atoms. The van der Waals surface area contributed by atoms with Crippen molar-refractivity contribution in [2.45, 2.75) is 26.4 Å². The standard InChI is InChI=1S/C8H16N2O/c1-3-7(2)5-10-6-8(11)4-9/h7-8,10-11H,3,5-6H2,1-2H3. The maximum absolute atomic E-state index is 8.82. The van der Waals surface area contributed by atoms with Crippen LogP contribution in [0.5, 0.6) is 0 Å². The van der Waals surface area contributed by atoms with E-state index in [0.29, 0.717) is 12.5 Å². The van der Waals surface area contributed by atoms with Crippen LogP contribution in [-0.2, 0) is 0 Å². The Morgan fingerprint density at radius 2 is 2.18 bits per heavy atom. The normalized spacial score (nSPS) is 15.5. The Bertz CT molecular complexity index is 131. The Morgan fingerprint density at radius 3 is 2.64 bits per heavy atom. The van der Waals surface area contributed by atoms with Gasteiger partial charge in [0.05, 0.1) is 6.07 Å². The molecule has 0 aliphatic rings. The lowest BCUT2D eigenvalue weighted by atomic mass is 10.1. The van der Waals surface area contributed by atoms with E-state index in [2.05, 4.69) is 19.2 Å². The average molecular weight is 156 g/mol. The van der Waals surface area contributed by atoms with Crippen molar-refractivity contribution in [3.63, 3.8) is 0 Å². The van der Waals surface area contributed by atoms with Crippen LogP contribution < -0.4 is 5.32 Å². The number of rotatable bonds is 5. The highest BCUT2D eigenvalue weighted by atomic mass is 16.3. The largest absolute Gasteiger partial charge is 0.377 e. The molecule has 11 heavy (non-hydrogen) atoms. The van der Waals surface area contributed by atoms with Gasteiger partial charge >= 0.3 is 0 Å². The molecule has 64 valence electrons. The van der Waals surface area contributed by atoms with Crippen LogP contribution in [0.15, 0.2) is 0 Å².